The summed E-state index contributed by atoms with van der Waals surface area (Å²) in [6, 6.07) is 18.2. The number of carbonyl (C=O) groups is 1. The molecule has 0 spiro atoms. The summed E-state index contributed by atoms with van der Waals surface area (Å²) in [7, 11) is 1.66. The topological polar surface area (TPSA) is 43.3 Å². The minimum atomic E-state index is -0.0324. The van der Waals surface area contributed by atoms with Gasteiger partial charge in [0.2, 0.25) is 0 Å². The summed E-state index contributed by atoms with van der Waals surface area (Å²) >= 11 is 0. The number of hydrogen-bond acceptors (Lipinski definition) is 2. The Labute approximate surface area is 160 Å². The standard InChI is InChI=1S/C23H26N2O2/c1-5-14-24-23(26)21-15-22(18-8-12-20(27-4)13-9-18)25(17(21)3)19-10-6-16(2)7-11-19/h6-13,15H,5,14H2,1-4H3,(H,24,26). The molecule has 1 aromatic heterocycles. The molecule has 0 saturated heterocycles. The zero-order valence-corrected chi connectivity index (χ0v) is 16.4. The van der Waals surface area contributed by atoms with E-state index in [4.69, 9.17) is 4.74 Å². The molecule has 0 bridgehead atoms. The maximum Gasteiger partial charge on any atom is 0.253 e. The van der Waals surface area contributed by atoms with Crippen LogP contribution in [-0.4, -0.2) is 24.1 Å². The Hall–Kier alpha value is -3.01. The van der Waals surface area contributed by atoms with Gasteiger partial charge in [-0.1, -0.05) is 24.6 Å². The maximum absolute atomic E-state index is 12.7. The summed E-state index contributed by atoms with van der Waals surface area (Å²) < 4.78 is 7.41. The second kappa shape index (κ2) is 8.12. The molecule has 1 amide bonds. The zero-order valence-electron chi connectivity index (χ0n) is 16.4. The molecule has 1 heterocycles. The van der Waals surface area contributed by atoms with Crippen LogP contribution >= 0.6 is 0 Å². The average molecular weight is 362 g/mol. The molecule has 0 unspecified atom stereocenters. The van der Waals surface area contributed by atoms with Gasteiger partial charge < -0.3 is 14.6 Å². The largest absolute Gasteiger partial charge is 0.497 e. The fourth-order valence-corrected chi connectivity index (χ4v) is 3.17. The van der Waals surface area contributed by atoms with Crippen LogP contribution in [0.5, 0.6) is 5.75 Å². The molecule has 0 aliphatic rings. The van der Waals surface area contributed by atoms with Crippen molar-refractivity contribution in [3.8, 4) is 22.7 Å². The van der Waals surface area contributed by atoms with Crippen LogP contribution in [0.25, 0.3) is 16.9 Å². The molecule has 4 nitrogen and oxygen atoms in total. The van der Waals surface area contributed by atoms with Gasteiger partial charge in [-0.2, -0.15) is 0 Å². The van der Waals surface area contributed by atoms with Crippen LogP contribution in [0.15, 0.2) is 54.6 Å². The molecule has 0 fully saturated rings. The highest BCUT2D eigenvalue weighted by atomic mass is 16.5. The molecular weight excluding hydrogens is 336 g/mol. The second-order valence-corrected chi connectivity index (χ2v) is 6.68. The Morgan fingerprint density at radius 1 is 1.04 bits per heavy atom. The normalized spacial score (nSPS) is 10.7. The summed E-state index contributed by atoms with van der Waals surface area (Å²) in [6.45, 7) is 6.79. The van der Waals surface area contributed by atoms with Crippen molar-refractivity contribution in [2.45, 2.75) is 27.2 Å². The molecule has 140 valence electrons. The molecule has 27 heavy (non-hydrogen) atoms. The van der Waals surface area contributed by atoms with Crippen molar-refractivity contribution < 1.29 is 9.53 Å². The monoisotopic (exact) mass is 362 g/mol. The fraction of sp³-hybridized carbons (Fsp3) is 0.261. The molecule has 1 N–H and O–H groups in total. The lowest BCUT2D eigenvalue weighted by Crippen LogP contribution is -2.24. The van der Waals surface area contributed by atoms with Gasteiger partial charge in [-0.25, -0.2) is 0 Å². The quantitative estimate of drug-likeness (QED) is 0.677. The van der Waals surface area contributed by atoms with E-state index < -0.39 is 0 Å². The third kappa shape index (κ3) is 3.90. The van der Waals surface area contributed by atoms with E-state index >= 15 is 0 Å². The highest BCUT2D eigenvalue weighted by molar-refractivity contribution is 5.97. The highest BCUT2D eigenvalue weighted by Gasteiger charge is 2.19. The maximum atomic E-state index is 12.7. The lowest BCUT2D eigenvalue weighted by molar-refractivity contribution is 0.0953. The predicted molar refractivity (Wildman–Crippen MR) is 110 cm³/mol. The number of ether oxygens (including phenoxy) is 1. The molecule has 0 saturated carbocycles. The number of aryl methyl sites for hydroxylation is 1. The van der Waals surface area contributed by atoms with Gasteiger partial charge >= 0.3 is 0 Å². The number of carbonyl (C=O) groups excluding carboxylic acids is 1. The lowest BCUT2D eigenvalue weighted by Gasteiger charge is -2.13. The van der Waals surface area contributed by atoms with E-state index in [0.717, 1.165) is 34.8 Å². The molecule has 4 heteroatoms. The summed E-state index contributed by atoms with van der Waals surface area (Å²) in [5.41, 5.74) is 5.90. The summed E-state index contributed by atoms with van der Waals surface area (Å²) in [6.07, 6.45) is 0.912. The van der Waals surface area contributed by atoms with Crippen LogP contribution < -0.4 is 10.1 Å². The number of nitrogens with one attached hydrogen (secondary N) is 1. The minimum absolute atomic E-state index is 0.0324. The molecule has 0 atom stereocenters. The van der Waals surface area contributed by atoms with Gasteiger partial charge in [-0.15, -0.1) is 0 Å². The summed E-state index contributed by atoms with van der Waals surface area (Å²) in [5, 5.41) is 2.99. The van der Waals surface area contributed by atoms with E-state index in [2.05, 4.69) is 41.1 Å². The van der Waals surface area contributed by atoms with Gasteiger partial charge in [0.05, 0.1) is 18.4 Å². The van der Waals surface area contributed by atoms with Gasteiger partial charge in [0.25, 0.3) is 5.91 Å². The summed E-state index contributed by atoms with van der Waals surface area (Å²) in [4.78, 5) is 12.7. The van der Waals surface area contributed by atoms with Crippen molar-refractivity contribution in [3.05, 3.63) is 71.4 Å². The molecule has 3 aromatic rings. The Bertz CT molecular complexity index is 922. The molecule has 0 radical (unpaired) electrons. The first-order chi connectivity index (χ1) is 13.0. The van der Waals surface area contributed by atoms with Crippen molar-refractivity contribution in [2.75, 3.05) is 13.7 Å². The third-order valence-corrected chi connectivity index (χ3v) is 4.71. The van der Waals surface area contributed by atoms with Gasteiger partial charge in [0, 0.05) is 17.9 Å². The number of rotatable bonds is 6. The van der Waals surface area contributed by atoms with E-state index in [1.807, 2.05) is 44.2 Å². The number of aromatic nitrogens is 1. The SMILES string of the molecule is CCCNC(=O)c1cc(-c2ccc(OC)cc2)n(-c2ccc(C)cc2)c1C. The van der Waals surface area contributed by atoms with Crippen molar-refractivity contribution in [2.24, 2.45) is 0 Å². The molecule has 0 aliphatic heterocycles. The van der Waals surface area contributed by atoms with E-state index in [9.17, 15) is 4.79 Å². The van der Waals surface area contributed by atoms with Gasteiger partial charge in [0.1, 0.15) is 5.75 Å². The lowest BCUT2D eigenvalue weighted by atomic mass is 10.1. The van der Waals surface area contributed by atoms with E-state index in [0.29, 0.717) is 12.1 Å². The fourth-order valence-electron chi connectivity index (χ4n) is 3.17. The number of methoxy groups -OCH3 is 1. The Balaban J connectivity index is 2.14. The van der Waals surface area contributed by atoms with Crippen LogP contribution in [0.2, 0.25) is 0 Å². The van der Waals surface area contributed by atoms with Gasteiger partial charge in [-0.3, -0.25) is 4.79 Å². The van der Waals surface area contributed by atoms with Crippen LogP contribution in [0.3, 0.4) is 0 Å². The molecule has 0 aliphatic carbocycles. The number of benzene rings is 2. The number of amides is 1. The predicted octanol–water partition coefficient (Wildman–Crippen LogP) is 4.91. The van der Waals surface area contributed by atoms with Crippen molar-refractivity contribution in [1.29, 1.82) is 0 Å². The molecule has 3 rings (SSSR count). The van der Waals surface area contributed by atoms with Crippen molar-refractivity contribution in [3.63, 3.8) is 0 Å². The first-order valence-corrected chi connectivity index (χ1v) is 9.27. The Morgan fingerprint density at radius 3 is 2.30 bits per heavy atom. The van der Waals surface area contributed by atoms with Gasteiger partial charge in [-0.05, 0) is 68.3 Å². The minimum Gasteiger partial charge on any atom is -0.497 e. The molecular formula is C23H26N2O2. The van der Waals surface area contributed by atoms with E-state index in [1.165, 1.54) is 5.56 Å². The Kier molecular flexibility index (Phi) is 5.65. The van der Waals surface area contributed by atoms with Crippen LogP contribution in [0, 0.1) is 13.8 Å². The first kappa shape index (κ1) is 18.8. The van der Waals surface area contributed by atoms with Crippen LogP contribution in [-0.2, 0) is 0 Å². The third-order valence-electron chi connectivity index (χ3n) is 4.71. The van der Waals surface area contributed by atoms with Crippen LogP contribution in [0.4, 0.5) is 0 Å². The first-order valence-electron chi connectivity index (χ1n) is 9.27. The number of nitrogens with zero attached hydrogens (tertiary/aromatic N) is 1. The van der Waals surface area contributed by atoms with E-state index in [-0.39, 0.29) is 5.91 Å². The highest BCUT2D eigenvalue weighted by Crippen LogP contribution is 2.30. The Morgan fingerprint density at radius 2 is 1.70 bits per heavy atom. The van der Waals surface area contributed by atoms with Gasteiger partial charge in [0.15, 0.2) is 0 Å². The molecule has 2 aromatic carbocycles. The zero-order chi connectivity index (χ0) is 19.4. The van der Waals surface area contributed by atoms with Crippen LogP contribution in [0.1, 0.15) is 35.0 Å². The smallest absolute Gasteiger partial charge is 0.253 e. The van der Waals surface area contributed by atoms with E-state index in [1.54, 1.807) is 7.11 Å². The van der Waals surface area contributed by atoms with Crippen molar-refractivity contribution >= 4 is 5.91 Å². The van der Waals surface area contributed by atoms with Crippen molar-refractivity contribution in [1.82, 2.24) is 9.88 Å². The number of hydrogen-bond donors (Lipinski definition) is 1. The summed E-state index contributed by atoms with van der Waals surface area (Å²) in [5.74, 6) is 0.778. The second-order valence-electron chi connectivity index (χ2n) is 6.68. The average Bonchev–Trinajstić information content (AvgIpc) is 3.04.